The van der Waals surface area contributed by atoms with Gasteiger partial charge in [-0.3, -0.25) is 9.59 Å². The fourth-order valence-corrected chi connectivity index (χ4v) is 3.19. The quantitative estimate of drug-likeness (QED) is 0.334. The van der Waals surface area contributed by atoms with E-state index in [1.807, 2.05) is 0 Å². The average molecular weight is 422 g/mol. The highest BCUT2D eigenvalue weighted by molar-refractivity contribution is 9.11. The van der Waals surface area contributed by atoms with E-state index in [0.717, 1.165) is 34.5 Å². The Hall–Kier alpha value is -0.880. The molecule has 0 spiro atoms. The van der Waals surface area contributed by atoms with Crippen LogP contribution in [-0.4, -0.2) is 25.5 Å². The predicted octanol–water partition coefficient (Wildman–Crippen LogP) is 4.53. The number of rotatable bonds is 9. The molecule has 1 aromatic rings. The molecule has 0 aliphatic carbocycles. The molecule has 0 saturated heterocycles. The predicted molar refractivity (Wildman–Crippen MR) is 87.8 cm³/mol. The highest BCUT2D eigenvalue weighted by Crippen LogP contribution is 2.34. The molecule has 0 heterocycles. The number of unbranched alkanes of at least 4 members (excludes halogenated alkanes) is 2. The summed E-state index contributed by atoms with van der Waals surface area (Å²) in [5.41, 5.74) is 0.579. The van der Waals surface area contributed by atoms with Gasteiger partial charge in [-0.2, -0.15) is 0 Å². The Kier molecular flexibility index (Phi) is 8.61. The van der Waals surface area contributed by atoms with E-state index in [-0.39, 0.29) is 5.97 Å². The molecule has 1 rings (SSSR count). The van der Waals surface area contributed by atoms with Gasteiger partial charge in [0.2, 0.25) is 0 Å². The molecule has 0 N–H and O–H groups in total. The van der Waals surface area contributed by atoms with Crippen LogP contribution in [0.1, 0.15) is 43.0 Å². The number of aldehydes is 1. The van der Waals surface area contributed by atoms with Gasteiger partial charge < -0.3 is 9.47 Å². The first-order valence-corrected chi connectivity index (χ1v) is 8.39. The first kappa shape index (κ1) is 18.2. The lowest BCUT2D eigenvalue weighted by molar-refractivity contribution is -0.143. The zero-order chi connectivity index (χ0) is 15.7. The van der Waals surface area contributed by atoms with Crippen molar-refractivity contribution in [1.82, 2.24) is 0 Å². The summed E-state index contributed by atoms with van der Waals surface area (Å²) in [5, 5.41) is 0. The molecule has 1 aromatic carbocycles. The summed E-state index contributed by atoms with van der Waals surface area (Å²) >= 11 is 6.77. The lowest BCUT2D eigenvalue weighted by atomic mass is 10.2. The standard InChI is InChI=1S/C15H18Br2O4/c1-2-20-14(19)6-4-3-5-7-21-15-12(16)8-11(10-18)9-13(15)17/h8-10H,2-7H2,1H3. The summed E-state index contributed by atoms with van der Waals surface area (Å²) in [4.78, 5) is 21.9. The van der Waals surface area contributed by atoms with E-state index in [0.29, 0.717) is 30.9 Å². The minimum absolute atomic E-state index is 0.145. The van der Waals surface area contributed by atoms with Gasteiger partial charge in [-0.25, -0.2) is 0 Å². The van der Waals surface area contributed by atoms with Crippen LogP contribution in [0.25, 0.3) is 0 Å². The van der Waals surface area contributed by atoms with Crippen molar-refractivity contribution in [3.63, 3.8) is 0 Å². The third-order valence-electron chi connectivity index (χ3n) is 2.73. The Balaban J connectivity index is 2.30. The number of carbonyl (C=O) groups is 2. The molecule has 0 aliphatic rings. The Bertz CT molecular complexity index is 466. The number of benzene rings is 1. The van der Waals surface area contributed by atoms with Crippen molar-refractivity contribution in [2.45, 2.75) is 32.6 Å². The molecular formula is C15H18Br2O4. The molecule has 0 fully saturated rings. The maximum absolute atomic E-state index is 11.2. The van der Waals surface area contributed by atoms with Crippen molar-refractivity contribution in [3.8, 4) is 5.75 Å². The van der Waals surface area contributed by atoms with Crippen molar-refractivity contribution < 1.29 is 19.1 Å². The largest absolute Gasteiger partial charge is 0.491 e. The third kappa shape index (κ3) is 6.61. The van der Waals surface area contributed by atoms with E-state index in [4.69, 9.17) is 9.47 Å². The normalized spacial score (nSPS) is 10.2. The average Bonchev–Trinajstić information content (AvgIpc) is 2.44. The Morgan fingerprint density at radius 1 is 1.19 bits per heavy atom. The maximum atomic E-state index is 11.2. The Morgan fingerprint density at radius 3 is 2.43 bits per heavy atom. The molecule has 0 atom stereocenters. The first-order chi connectivity index (χ1) is 10.1. The molecule has 21 heavy (non-hydrogen) atoms. The summed E-state index contributed by atoms with van der Waals surface area (Å²) in [6.45, 7) is 2.79. The second-order valence-electron chi connectivity index (χ2n) is 4.40. The van der Waals surface area contributed by atoms with Crippen LogP contribution < -0.4 is 4.74 Å². The molecule has 0 bridgehead atoms. The van der Waals surface area contributed by atoms with Gasteiger partial charge in [-0.05, 0) is 70.2 Å². The van der Waals surface area contributed by atoms with Gasteiger partial charge in [0.25, 0.3) is 0 Å². The van der Waals surface area contributed by atoms with Crippen molar-refractivity contribution in [3.05, 3.63) is 26.6 Å². The number of esters is 1. The molecule has 6 heteroatoms. The van der Waals surface area contributed by atoms with Gasteiger partial charge in [-0.15, -0.1) is 0 Å². The van der Waals surface area contributed by atoms with Crippen molar-refractivity contribution >= 4 is 44.1 Å². The first-order valence-electron chi connectivity index (χ1n) is 6.81. The Morgan fingerprint density at radius 2 is 1.86 bits per heavy atom. The van der Waals surface area contributed by atoms with Crippen LogP contribution in [0, 0.1) is 0 Å². The SMILES string of the molecule is CCOC(=O)CCCCCOc1c(Br)cc(C=O)cc1Br. The maximum Gasteiger partial charge on any atom is 0.305 e. The van der Waals surface area contributed by atoms with Crippen molar-refractivity contribution in [2.24, 2.45) is 0 Å². The van der Waals surface area contributed by atoms with Crippen LogP contribution in [0.4, 0.5) is 0 Å². The summed E-state index contributed by atoms with van der Waals surface area (Å²) in [5.74, 6) is 0.541. The summed E-state index contributed by atoms with van der Waals surface area (Å²) in [6, 6.07) is 3.43. The molecule has 0 radical (unpaired) electrons. The second kappa shape index (κ2) is 9.95. The zero-order valence-corrected chi connectivity index (χ0v) is 15.0. The van der Waals surface area contributed by atoms with Crippen LogP contribution in [0.2, 0.25) is 0 Å². The highest BCUT2D eigenvalue weighted by atomic mass is 79.9. The van der Waals surface area contributed by atoms with E-state index in [1.165, 1.54) is 0 Å². The summed E-state index contributed by atoms with van der Waals surface area (Å²) in [7, 11) is 0. The second-order valence-corrected chi connectivity index (χ2v) is 6.10. The Labute approximate surface area is 141 Å². The minimum Gasteiger partial charge on any atom is -0.491 e. The lowest BCUT2D eigenvalue weighted by Crippen LogP contribution is -2.04. The highest BCUT2D eigenvalue weighted by Gasteiger charge is 2.09. The molecule has 0 amide bonds. The van der Waals surface area contributed by atoms with Gasteiger partial charge in [0.15, 0.2) is 0 Å². The molecule has 0 saturated carbocycles. The number of halogens is 2. The summed E-state index contributed by atoms with van der Waals surface area (Å²) < 4.78 is 12.0. The van der Waals surface area contributed by atoms with Crippen molar-refractivity contribution in [1.29, 1.82) is 0 Å². The van der Waals surface area contributed by atoms with E-state index in [1.54, 1.807) is 19.1 Å². The van der Waals surface area contributed by atoms with Gasteiger partial charge in [0.05, 0.1) is 22.2 Å². The van der Waals surface area contributed by atoms with Gasteiger partial charge in [0, 0.05) is 12.0 Å². The van der Waals surface area contributed by atoms with E-state index in [2.05, 4.69) is 31.9 Å². The van der Waals surface area contributed by atoms with Crippen LogP contribution >= 0.6 is 31.9 Å². The monoisotopic (exact) mass is 420 g/mol. The zero-order valence-electron chi connectivity index (χ0n) is 11.9. The van der Waals surface area contributed by atoms with E-state index >= 15 is 0 Å². The number of carbonyl (C=O) groups excluding carboxylic acids is 2. The van der Waals surface area contributed by atoms with Crippen LogP contribution in [0.5, 0.6) is 5.75 Å². The lowest BCUT2D eigenvalue weighted by Gasteiger charge is -2.10. The van der Waals surface area contributed by atoms with Crippen LogP contribution in [-0.2, 0) is 9.53 Å². The molecule has 4 nitrogen and oxygen atoms in total. The van der Waals surface area contributed by atoms with Crippen molar-refractivity contribution in [2.75, 3.05) is 13.2 Å². The molecule has 116 valence electrons. The van der Waals surface area contributed by atoms with Crippen LogP contribution in [0.15, 0.2) is 21.1 Å². The van der Waals surface area contributed by atoms with Gasteiger partial charge in [-0.1, -0.05) is 0 Å². The number of hydrogen-bond donors (Lipinski definition) is 0. The number of hydrogen-bond acceptors (Lipinski definition) is 4. The van der Waals surface area contributed by atoms with Gasteiger partial charge in [0.1, 0.15) is 12.0 Å². The molecule has 0 aromatic heterocycles. The topological polar surface area (TPSA) is 52.6 Å². The van der Waals surface area contributed by atoms with E-state index < -0.39 is 0 Å². The smallest absolute Gasteiger partial charge is 0.305 e. The fourth-order valence-electron chi connectivity index (χ4n) is 1.74. The number of ether oxygens (including phenoxy) is 2. The third-order valence-corrected chi connectivity index (χ3v) is 3.91. The van der Waals surface area contributed by atoms with Crippen LogP contribution in [0.3, 0.4) is 0 Å². The molecule has 0 unspecified atom stereocenters. The fraction of sp³-hybridized carbons (Fsp3) is 0.467. The molecular weight excluding hydrogens is 404 g/mol. The summed E-state index contributed by atoms with van der Waals surface area (Å²) in [6.07, 6.45) is 3.80. The molecule has 0 aliphatic heterocycles. The van der Waals surface area contributed by atoms with Gasteiger partial charge >= 0.3 is 5.97 Å². The van der Waals surface area contributed by atoms with E-state index in [9.17, 15) is 9.59 Å². The minimum atomic E-state index is -0.145.